The smallest absolute Gasteiger partial charge is 0.316 e. The molecule has 0 N–H and O–H groups in total. The van der Waals surface area contributed by atoms with Gasteiger partial charge in [0.25, 0.3) is 11.6 Å². The molecule has 0 unspecified atom stereocenters. The maximum atomic E-state index is 11.9. The van der Waals surface area contributed by atoms with E-state index in [-0.39, 0.29) is 23.9 Å². The van der Waals surface area contributed by atoms with Gasteiger partial charge in [-0.25, -0.2) is 0 Å². The fourth-order valence-electron chi connectivity index (χ4n) is 2.37. The number of carbonyl (C=O) groups excluding carboxylic acids is 1. The number of para-hydroxylation sites is 1. The first-order valence-corrected chi connectivity index (χ1v) is 9.49. The molecule has 28 heavy (non-hydrogen) atoms. The number of esters is 1. The first-order chi connectivity index (χ1) is 13.6. The molecular formula is C19H17N3O5S. The molecule has 1 aromatic heterocycles. The van der Waals surface area contributed by atoms with Crippen molar-refractivity contribution in [2.24, 2.45) is 0 Å². The van der Waals surface area contributed by atoms with Gasteiger partial charge in [-0.15, -0.1) is 11.8 Å². The summed E-state index contributed by atoms with van der Waals surface area (Å²) >= 11 is 1.04. The Morgan fingerprint density at radius 2 is 1.96 bits per heavy atom. The first kappa shape index (κ1) is 19.6. The summed E-state index contributed by atoms with van der Waals surface area (Å²) in [6.45, 7) is 1.92. The fraction of sp³-hybridized carbons (Fsp3) is 0.211. The summed E-state index contributed by atoms with van der Waals surface area (Å²) in [4.78, 5) is 27.0. The number of aryl methyl sites for hydroxylation is 1. The lowest BCUT2D eigenvalue weighted by atomic mass is 10.1. The van der Waals surface area contributed by atoms with Crippen LogP contribution in [0.5, 0.6) is 0 Å². The second kappa shape index (κ2) is 9.14. The molecule has 1 heterocycles. The van der Waals surface area contributed by atoms with Gasteiger partial charge in [0.1, 0.15) is 0 Å². The number of benzene rings is 2. The third kappa shape index (κ3) is 4.95. The molecule has 8 nitrogen and oxygen atoms in total. The van der Waals surface area contributed by atoms with Crippen molar-refractivity contribution >= 4 is 23.4 Å². The molecule has 0 saturated heterocycles. The van der Waals surface area contributed by atoms with Crippen molar-refractivity contribution in [2.75, 3.05) is 5.75 Å². The molecule has 0 amide bonds. The molecule has 0 spiro atoms. The average molecular weight is 399 g/mol. The number of ether oxygens (including phenoxy) is 1. The zero-order valence-electron chi connectivity index (χ0n) is 15.0. The number of nitro groups is 1. The Hall–Kier alpha value is -3.20. The first-order valence-electron chi connectivity index (χ1n) is 8.50. The van der Waals surface area contributed by atoms with Crippen molar-refractivity contribution in [3.05, 3.63) is 70.1 Å². The van der Waals surface area contributed by atoms with E-state index < -0.39 is 10.9 Å². The minimum atomic E-state index is -0.532. The van der Waals surface area contributed by atoms with Crippen LogP contribution in [-0.2, 0) is 22.6 Å². The lowest BCUT2D eigenvalue weighted by Crippen LogP contribution is -2.07. The molecule has 0 aliphatic rings. The minimum absolute atomic E-state index is 0.0454. The van der Waals surface area contributed by atoms with Crippen LogP contribution < -0.4 is 0 Å². The summed E-state index contributed by atoms with van der Waals surface area (Å²) in [5.74, 6) is 0.00133. The highest BCUT2D eigenvalue weighted by Crippen LogP contribution is 2.28. The maximum Gasteiger partial charge on any atom is 0.316 e. The predicted octanol–water partition coefficient (Wildman–Crippen LogP) is 4.04. The molecule has 0 aliphatic heterocycles. The van der Waals surface area contributed by atoms with Gasteiger partial charge in [0.05, 0.1) is 15.6 Å². The monoisotopic (exact) mass is 399 g/mol. The predicted molar refractivity (Wildman–Crippen MR) is 103 cm³/mol. The summed E-state index contributed by atoms with van der Waals surface area (Å²) in [6.07, 6.45) is 0.942. The molecule has 0 saturated carbocycles. The van der Waals surface area contributed by atoms with Crippen LogP contribution in [0.2, 0.25) is 0 Å². The zero-order chi connectivity index (χ0) is 19.9. The summed E-state index contributed by atoms with van der Waals surface area (Å²) in [6, 6.07) is 14.0. The van der Waals surface area contributed by atoms with Gasteiger partial charge in [0.15, 0.2) is 6.61 Å². The van der Waals surface area contributed by atoms with Crippen LogP contribution in [0.15, 0.2) is 57.9 Å². The highest BCUT2D eigenvalue weighted by atomic mass is 32.2. The van der Waals surface area contributed by atoms with Crippen molar-refractivity contribution < 1.29 is 19.0 Å². The lowest BCUT2D eigenvalue weighted by Gasteiger charge is -2.03. The van der Waals surface area contributed by atoms with Gasteiger partial charge in [-0.2, -0.15) is 4.98 Å². The molecule has 0 radical (unpaired) electrons. The van der Waals surface area contributed by atoms with Crippen LogP contribution in [0.4, 0.5) is 5.69 Å². The van der Waals surface area contributed by atoms with Gasteiger partial charge in [0.2, 0.25) is 5.82 Å². The Morgan fingerprint density at radius 1 is 1.21 bits per heavy atom. The summed E-state index contributed by atoms with van der Waals surface area (Å²) in [7, 11) is 0. The Labute approximate surface area is 165 Å². The van der Waals surface area contributed by atoms with E-state index in [2.05, 4.69) is 17.1 Å². The van der Waals surface area contributed by atoms with Gasteiger partial charge >= 0.3 is 5.97 Å². The molecule has 0 fully saturated rings. The number of thioether (sulfide) groups is 1. The van der Waals surface area contributed by atoms with Crippen molar-refractivity contribution in [2.45, 2.75) is 24.8 Å². The molecular weight excluding hydrogens is 382 g/mol. The number of rotatable bonds is 8. The molecule has 2 aromatic carbocycles. The van der Waals surface area contributed by atoms with Gasteiger partial charge in [-0.1, -0.05) is 48.5 Å². The average Bonchev–Trinajstić information content (AvgIpc) is 3.20. The number of hydrogen-bond donors (Lipinski definition) is 0. The second-order valence-corrected chi connectivity index (χ2v) is 6.75. The highest BCUT2D eigenvalue weighted by molar-refractivity contribution is 8.00. The van der Waals surface area contributed by atoms with Gasteiger partial charge in [0, 0.05) is 11.6 Å². The second-order valence-electron chi connectivity index (χ2n) is 5.74. The molecule has 0 aliphatic carbocycles. The number of aromatic nitrogens is 2. The van der Waals surface area contributed by atoms with E-state index in [9.17, 15) is 14.9 Å². The zero-order valence-corrected chi connectivity index (χ0v) is 15.8. The Balaban J connectivity index is 1.52. The van der Waals surface area contributed by atoms with Gasteiger partial charge in [-0.3, -0.25) is 14.9 Å². The van der Waals surface area contributed by atoms with E-state index in [1.54, 1.807) is 18.2 Å². The fourth-order valence-corrected chi connectivity index (χ4v) is 3.19. The number of carbonyl (C=O) groups is 1. The van der Waals surface area contributed by atoms with E-state index in [0.29, 0.717) is 10.7 Å². The lowest BCUT2D eigenvalue weighted by molar-refractivity contribution is -0.387. The SMILES string of the molecule is CCc1ccc(-c2noc(COC(=O)CSc3ccccc3[N+](=O)[O-])n2)cc1. The Kier molecular flexibility index (Phi) is 6.38. The quantitative estimate of drug-likeness (QED) is 0.242. The summed E-state index contributed by atoms with van der Waals surface area (Å²) in [5, 5.41) is 14.9. The van der Waals surface area contributed by atoms with Crippen LogP contribution in [0.3, 0.4) is 0 Å². The van der Waals surface area contributed by atoms with Crippen molar-refractivity contribution in [1.29, 1.82) is 0 Å². The number of hydrogen-bond acceptors (Lipinski definition) is 8. The third-order valence-corrected chi connectivity index (χ3v) is 4.89. The Bertz CT molecular complexity index is 972. The van der Waals surface area contributed by atoms with Gasteiger partial charge < -0.3 is 9.26 Å². The molecule has 0 bridgehead atoms. The van der Waals surface area contributed by atoms with Crippen molar-refractivity contribution in [1.82, 2.24) is 10.1 Å². The Morgan fingerprint density at radius 3 is 2.68 bits per heavy atom. The molecule has 0 atom stereocenters. The summed E-state index contributed by atoms with van der Waals surface area (Å²) in [5.41, 5.74) is 1.97. The van der Waals surface area contributed by atoms with Crippen LogP contribution in [0.1, 0.15) is 18.4 Å². The van der Waals surface area contributed by atoms with Crippen LogP contribution >= 0.6 is 11.8 Å². The molecule has 3 rings (SSSR count). The van der Waals surface area contributed by atoms with Gasteiger partial charge in [-0.05, 0) is 18.1 Å². The van der Waals surface area contributed by atoms with E-state index >= 15 is 0 Å². The standard InChI is InChI=1S/C19H17N3O5S/c1-2-13-7-9-14(10-8-13)19-20-17(27-21-19)11-26-18(23)12-28-16-6-4-3-5-15(16)22(24)25/h3-10H,2,11-12H2,1H3. The van der Waals surface area contributed by atoms with Crippen molar-refractivity contribution in [3.8, 4) is 11.4 Å². The van der Waals surface area contributed by atoms with E-state index in [1.165, 1.54) is 11.6 Å². The topological polar surface area (TPSA) is 108 Å². The minimum Gasteiger partial charge on any atom is -0.455 e. The summed E-state index contributed by atoms with van der Waals surface area (Å²) < 4.78 is 10.2. The van der Waals surface area contributed by atoms with E-state index in [4.69, 9.17) is 9.26 Å². The van der Waals surface area contributed by atoms with Crippen LogP contribution in [0, 0.1) is 10.1 Å². The van der Waals surface area contributed by atoms with E-state index in [0.717, 1.165) is 23.7 Å². The number of nitrogens with zero attached hydrogens (tertiary/aromatic N) is 3. The molecule has 9 heteroatoms. The van der Waals surface area contributed by atoms with Crippen LogP contribution in [0.25, 0.3) is 11.4 Å². The van der Waals surface area contributed by atoms with E-state index in [1.807, 2.05) is 24.3 Å². The van der Waals surface area contributed by atoms with Crippen molar-refractivity contribution in [3.63, 3.8) is 0 Å². The van der Waals surface area contributed by atoms with Crippen LogP contribution in [-0.4, -0.2) is 26.8 Å². The normalized spacial score (nSPS) is 10.6. The third-order valence-electron chi connectivity index (χ3n) is 3.85. The number of nitro benzene ring substituents is 1. The maximum absolute atomic E-state index is 11.9. The molecule has 3 aromatic rings. The largest absolute Gasteiger partial charge is 0.455 e. The highest BCUT2D eigenvalue weighted by Gasteiger charge is 2.16. The molecule has 144 valence electrons.